The number of hydrogen-bond donors (Lipinski definition) is 0. The van der Waals surface area contributed by atoms with E-state index in [4.69, 9.17) is 16.3 Å². The first-order valence-corrected chi connectivity index (χ1v) is 7.22. The van der Waals surface area contributed by atoms with Crippen LogP contribution in [0.4, 0.5) is 0 Å². The minimum absolute atomic E-state index is 0.219. The maximum Gasteiger partial charge on any atom is 0.338 e. The standard InChI is InChI=1S/C16H15ClN2O2/c1-21-15(20)14-7-12(11-2-3-11)4-5-13(14)6-10-8-18-16(17)19-9-10/h4-5,7-9,11H,2-3,6H2,1H3. The largest absolute Gasteiger partial charge is 0.465 e. The molecule has 1 aliphatic rings. The van der Waals surface area contributed by atoms with Crippen molar-refractivity contribution in [1.82, 2.24) is 9.97 Å². The molecule has 1 fully saturated rings. The number of nitrogens with zero attached hydrogens (tertiary/aromatic N) is 2. The number of methoxy groups -OCH3 is 1. The fourth-order valence-electron chi connectivity index (χ4n) is 2.37. The second-order valence-electron chi connectivity index (χ2n) is 5.22. The summed E-state index contributed by atoms with van der Waals surface area (Å²) in [5.41, 5.74) is 3.66. The molecular formula is C16H15ClN2O2. The van der Waals surface area contributed by atoms with Gasteiger partial charge in [0.25, 0.3) is 0 Å². The van der Waals surface area contributed by atoms with E-state index in [1.807, 2.05) is 12.1 Å². The van der Waals surface area contributed by atoms with Gasteiger partial charge >= 0.3 is 5.97 Å². The average molecular weight is 303 g/mol. The number of benzene rings is 1. The minimum atomic E-state index is -0.303. The van der Waals surface area contributed by atoms with E-state index in [1.54, 1.807) is 12.4 Å². The topological polar surface area (TPSA) is 52.1 Å². The summed E-state index contributed by atoms with van der Waals surface area (Å²) in [6, 6.07) is 6.04. The summed E-state index contributed by atoms with van der Waals surface area (Å²) in [6.07, 6.45) is 6.32. The molecule has 0 saturated heterocycles. The Hall–Kier alpha value is -1.94. The highest BCUT2D eigenvalue weighted by molar-refractivity contribution is 6.28. The van der Waals surface area contributed by atoms with Crippen LogP contribution >= 0.6 is 11.6 Å². The van der Waals surface area contributed by atoms with E-state index < -0.39 is 0 Å². The molecule has 1 saturated carbocycles. The van der Waals surface area contributed by atoms with Crippen molar-refractivity contribution in [1.29, 1.82) is 0 Å². The molecule has 1 heterocycles. The van der Waals surface area contributed by atoms with Gasteiger partial charge in [-0.05, 0) is 53.1 Å². The molecule has 2 aromatic rings. The molecule has 0 N–H and O–H groups in total. The lowest BCUT2D eigenvalue weighted by Crippen LogP contribution is -2.07. The van der Waals surface area contributed by atoms with Crippen LogP contribution in [-0.4, -0.2) is 23.0 Å². The number of carbonyl (C=O) groups excluding carboxylic acids is 1. The Morgan fingerprint density at radius 2 is 2.05 bits per heavy atom. The van der Waals surface area contributed by atoms with Crippen molar-refractivity contribution < 1.29 is 9.53 Å². The van der Waals surface area contributed by atoms with Crippen molar-refractivity contribution >= 4 is 17.6 Å². The summed E-state index contributed by atoms with van der Waals surface area (Å²) >= 11 is 5.69. The van der Waals surface area contributed by atoms with E-state index in [2.05, 4.69) is 16.0 Å². The molecule has 21 heavy (non-hydrogen) atoms. The Labute approximate surface area is 128 Å². The van der Waals surface area contributed by atoms with Gasteiger partial charge in [0.2, 0.25) is 5.28 Å². The van der Waals surface area contributed by atoms with Crippen LogP contribution in [-0.2, 0) is 11.2 Å². The third-order valence-corrected chi connectivity index (χ3v) is 3.85. The van der Waals surface area contributed by atoms with Gasteiger partial charge in [-0.15, -0.1) is 0 Å². The Morgan fingerprint density at radius 1 is 1.33 bits per heavy atom. The van der Waals surface area contributed by atoms with Crippen LogP contribution in [0.15, 0.2) is 30.6 Å². The number of hydrogen-bond acceptors (Lipinski definition) is 4. The van der Waals surface area contributed by atoms with Gasteiger partial charge in [0.15, 0.2) is 0 Å². The molecule has 4 nitrogen and oxygen atoms in total. The van der Waals surface area contributed by atoms with Crippen LogP contribution < -0.4 is 0 Å². The SMILES string of the molecule is COC(=O)c1cc(C2CC2)ccc1Cc1cnc(Cl)nc1. The number of halogens is 1. The zero-order valence-corrected chi connectivity index (χ0v) is 12.4. The van der Waals surface area contributed by atoms with Crippen LogP contribution in [0.3, 0.4) is 0 Å². The van der Waals surface area contributed by atoms with E-state index >= 15 is 0 Å². The quantitative estimate of drug-likeness (QED) is 0.642. The van der Waals surface area contributed by atoms with Gasteiger partial charge in [-0.3, -0.25) is 0 Å². The first-order valence-electron chi connectivity index (χ1n) is 6.85. The molecule has 0 aliphatic heterocycles. The fourth-order valence-corrected chi connectivity index (χ4v) is 2.47. The molecule has 0 amide bonds. The predicted octanol–water partition coefficient (Wildman–Crippen LogP) is 3.38. The van der Waals surface area contributed by atoms with Gasteiger partial charge in [-0.25, -0.2) is 14.8 Å². The van der Waals surface area contributed by atoms with Gasteiger partial charge in [-0.2, -0.15) is 0 Å². The zero-order valence-electron chi connectivity index (χ0n) is 11.7. The van der Waals surface area contributed by atoms with Crippen LogP contribution in [0.1, 0.15) is 45.8 Å². The molecule has 1 aromatic heterocycles. The summed E-state index contributed by atoms with van der Waals surface area (Å²) in [5, 5.41) is 0.219. The maximum absolute atomic E-state index is 12.0. The zero-order chi connectivity index (χ0) is 14.8. The summed E-state index contributed by atoms with van der Waals surface area (Å²) < 4.78 is 4.90. The van der Waals surface area contributed by atoms with Crippen molar-refractivity contribution in [3.8, 4) is 0 Å². The first-order chi connectivity index (χ1) is 10.2. The molecule has 0 atom stereocenters. The number of ether oxygens (including phenoxy) is 1. The molecule has 108 valence electrons. The van der Waals surface area contributed by atoms with Crippen molar-refractivity contribution in [3.05, 3.63) is 58.1 Å². The predicted molar refractivity (Wildman–Crippen MR) is 79.6 cm³/mol. The fraction of sp³-hybridized carbons (Fsp3) is 0.312. The normalized spacial score (nSPS) is 14.0. The molecule has 0 bridgehead atoms. The van der Waals surface area contributed by atoms with E-state index in [1.165, 1.54) is 25.5 Å². The van der Waals surface area contributed by atoms with Crippen molar-refractivity contribution in [2.75, 3.05) is 7.11 Å². The first kappa shape index (κ1) is 14.0. The van der Waals surface area contributed by atoms with Crippen LogP contribution in [0.5, 0.6) is 0 Å². The molecule has 5 heteroatoms. The highest BCUT2D eigenvalue weighted by Gasteiger charge is 2.25. The lowest BCUT2D eigenvalue weighted by molar-refractivity contribution is 0.0599. The average Bonchev–Trinajstić information content (AvgIpc) is 3.34. The summed E-state index contributed by atoms with van der Waals surface area (Å²) in [7, 11) is 1.40. The second-order valence-corrected chi connectivity index (χ2v) is 5.56. The number of aromatic nitrogens is 2. The molecule has 0 unspecified atom stereocenters. The van der Waals surface area contributed by atoms with Gasteiger partial charge in [0, 0.05) is 18.8 Å². The van der Waals surface area contributed by atoms with Gasteiger partial charge in [0.05, 0.1) is 12.7 Å². The maximum atomic E-state index is 12.0. The lowest BCUT2D eigenvalue weighted by atomic mass is 9.97. The highest BCUT2D eigenvalue weighted by atomic mass is 35.5. The van der Waals surface area contributed by atoms with E-state index in [-0.39, 0.29) is 11.3 Å². The van der Waals surface area contributed by atoms with Crippen LogP contribution in [0, 0.1) is 0 Å². The van der Waals surface area contributed by atoms with Crippen molar-refractivity contribution in [3.63, 3.8) is 0 Å². The second kappa shape index (κ2) is 5.82. The molecule has 0 spiro atoms. The molecule has 1 aliphatic carbocycles. The van der Waals surface area contributed by atoms with E-state index in [0.29, 0.717) is 17.9 Å². The Balaban J connectivity index is 1.92. The molecule has 0 radical (unpaired) electrons. The van der Waals surface area contributed by atoms with Crippen molar-refractivity contribution in [2.45, 2.75) is 25.2 Å². The van der Waals surface area contributed by atoms with Gasteiger partial charge in [0.1, 0.15) is 0 Å². The molecule has 1 aromatic carbocycles. The molecular weight excluding hydrogens is 288 g/mol. The Kier molecular flexibility index (Phi) is 3.88. The van der Waals surface area contributed by atoms with Gasteiger partial charge in [-0.1, -0.05) is 12.1 Å². The Morgan fingerprint density at radius 3 is 2.67 bits per heavy atom. The monoisotopic (exact) mass is 302 g/mol. The smallest absolute Gasteiger partial charge is 0.338 e. The van der Waals surface area contributed by atoms with E-state index in [0.717, 1.165) is 11.1 Å². The number of rotatable bonds is 4. The number of esters is 1. The van der Waals surface area contributed by atoms with Crippen LogP contribution in [0.2, 0.25) is 5.28 Å². The molecule has 3 rings (SSSR count). The third-order valence-electron chi connectivity index (χ3n) is 3.66. The lowest BCUT2D eigenvalue weighted by Gasteiger charge is -2.10. The third kappa shape index (κ3) is 3.22. The number of carbonyl (C=O) groups is 1. The van der Waals surface area contributed by atoms with Gasteiger partial charge < -0.3 is 4.74 Å². The highest BCUT2D eigenvalue weighted by Crippen LogP contribution is 2.40. The summed E-state index contributed by atoms with van der Waals surface area (Å²) in [6.45, 7) is 0. The minimum Gasteiger partial charge on any atom is -0.465 e. The van der Waals surface area contributed by atoms with Crippen LogP contribution in [0.25, 0.3) is 0 Å². The van der Waals surface area contributed by atoms with E-state index in [9.17, 15) is 4.79 Å². The van der Waals surface area contributed by atoms with Crippen molar-refractivity contribution in [2.24, 2.45) is 0 Å². The summed E-state index contributed by atoms with van der Waals surface area (Å²) in [4.78, 5) is 19.9. The Bertz CT molecular complexity index is 666. The summed E-state index contributed by atoms with van der Waals surface area (Å²) in [5.74, 6) is 0.295.